The first kappa shape index (κ1) is 40.4. The van der Waals surface area contributed by atoms with Crippen LogP contribution in [-0.2, 0) is 44.5 Å². The largest absolute Gasteiger partial charge is 0.491 e. The van der Waals surface area contributed by atoms with Gasteiger partial charge in [-0.3, -0.25) is 29.0 Å². The van der Waals surface area contributed by atoms with Gasteiger partial charge in [0.2, 0.25) is 0 Å². The van der Waals surface area contributed by atoms with Crippen LogP contribution in [0.2, 0.25) is 0 Å². The molecular formula is C35H46N2O12. The van der Waals surface area contributed by atoms with E-state index in [1.54, 1.807) is 38.1 Å². The summed E-state index contributed by atoms with van der Waals surface area (Å²) in [6, 6.07) is 14.7. The molecule has 0 amide bonds. The highest BCUT2D eigenvalue weighted by atomic mass is 16.5. The summed E-state index contributed by atoms with van der Waals surface area (Å²) in [5.74, 6) is -1.24. The van der Waals surface area contributed by atoms with Crippen molar-refractivity contribution in [3.63, 3.8) is 0 Å². The van der Waals surface area contributed by atoms with Crippen LogP contribution in [0, 0.1) is 0 Å². The first-order valence-corrected chi connectivity index (χ1v) is 15.7. The lowest BCUT2D eigenvalue weighted by molar-refractivity contribution is -0.149. The van der Waals surface area contributed by atoms with Crippen LogP contribution in [0.5, 0.6) is 11.5 Å². The van der Waals surface area contributed by atoms with Gasteiger partial charge < -0.3 is 38.6 Å². The Labute approximate surface area is 286 Å². The van der Waals surface area contributed by atoms with Crippen LogP contribution in [0.1, 0.15) is 25.0 Å². The Bertz CT molecular complexity index is 1290. The highest BCUT2D eigenvalue weighted by Gasteiger charge is 2.21. The van der Waals surface area contributed by atoms with Gasteiger partial charge in [-0.2, -0.15) is 0 Å². The van der Waals surface area contributed by atoms with Crippen LogP contribution in [0.25, 0.3) is 0 Å². The molecule has 2 unspecified atom stereocenters. The predicted molar refractivity (Wildman–Crippen MR) is 177 cm³/mol. The average molecular weight is 687 g/mol. The fourth-order valence-electron chi connectivity index (χ4n) is 4.50. The Hall–Kier alpha value is -4.76. The minimum atomic E-state index is -1.03. The minimum Gasteiger partial charge on any atom is -0.491 e. The first-order chi connectivity index (χ1) is 23.5. The van der Waals surface area contributed by atoms with Crippen LogP contribution >= 0.6 is 0 Å². The molecule has 0 saturated heterocycles. The number of ether oxygens (including phenoxy) is 6. The van der Waals surface area contributed by atoms with Gasteiger partial charge in [0, 0.05) is 13.1 Å². The number of hydrogen-bond acceptors (Lipinski definition) is 14. The molecule has 2 rings (SSSR count). The van der Waals surface area contributed by atoms with Crippen molar-refractivity contribution in [3.05, 3.63) is 85.3 Å². The maximum absolute atomic E-state index is 11.9. The molecule has 2 aromatic carbocycles. The minimum absolute atomic E-state index is 0.00586. The van der Waals surface area contributed by atoms with E-state index in [0.29, 0.717) is 17.9 Å². The van der Waals surface area contributed by atoms with Gasteiger partial charge in [-0.15, -0.1) is 0 Å². The van der Waals surface area contributed by atoms with Gasteiger partial charge in [0.05, 0.1) is 51.9 Å². The van der Waals surface area contributed by atoms with Crippen molar-refractivity contribution in [2.24, 2.45) is 0 Å². The number of aliphatic hydroxyl groups excluding tert-OH is 2. The third-order valence-corrected chi connectivity index (χ3v) is 6.53. The highest BCUT2D eigenvalue weighted by molar-refractivity contribution is 5.76. The van der Waals surface area contributed by atoms with Gasteiger partial charge in [0.25, 0.3) is 0 Å². The lowest BCUT2D eigenvalue weighted by Gasteiger charge is -2.23. The second-order valence-electron chi connectivity index (χ2n) is 10.7. The number of rotatable bonds is 24. The van der Waals surface area contributed by atoms with E-state index >= 15 is 0 Å². The summed E-state index contributed by atoms with van der Waals surface area (Å²) < 4.78 is 30.7. The second-order valence-corrected chi connectivity index (χ2v) is 10.7. The van der Waals surface area contributed by atoms with Gasteiger partial charge in [0.15, 0.2) is 0 Å². The fraction of sp³-hybridized carbons (Fsp3) is 0.429. The average Bonchev–Trinajstić information content (AvgIpc) is 3.04. The van der Waals surface area contributed by atoms with Crippen LogP contribution < -0.4 is 9.47 Å². The Morgan fingerprint density at radius 1 is 0.633 bits per heavy atom. The quantitative estimate of drug-likeness (QED) is 0.0932. The molecule has 0 aliphatic heterocycles. The zero-order valence-corrected chi connectivity index (χ0v) is 28.0. The molecular weight excluding hydrogens is 640 g/mol. The van der Waals surface area contributed by atoms with Crippen molar-refractivity contribution in [3.8, 4) is 11.5 Å². The SMILES string of the molecule is C=COC(=O)CN(CC(=O)OC=C)CC(O)COc1ccc(Cc2ccc(OCC(O)CN(CC(=O)OCC)CC(=O)OCC)cc2)cc1. The molecule has 0 aromatic heterocycles. The fourth-order valence-corrected chi connectivity index (χ4v) is 4.50. The van der Waals surface area contributed by atoms with Gasteiger partial charge >= 0.3 is 23.9 Å². The Kier molecular flexibility index (Phi) is 18.8. The van der Waals surface area contributed by atoms with Crippen molar-refractivity contribution in [1.82, 2.24) is 9.80 Å². The predicted octanol–water partition coefficient (Wildman–Crippen LogP) is 1.86. The normalized spacial score (nSPS) is 12.0. The van der Waals surface area contributed by atoms with E-state index in [-0.39, 0.29) is 65.7 Å². The molecule has 2 N–H and O–H groups in total. The summed E-state index contributed by atoms with van der Waals surface area (Å²) in [6.07, 6.45) is 0.581. The lowest BCUT2D eigenvalue weighted by atomic mass is 10.0. The van der Waals surface area contributed by atoms with Crippen LogP contribution in [-0.4, -0.2) is 122 Å². The summed E-state index contributed by atoms with van der Waals surface area (Å²) in [5, 5.41) is 21.0. The van der Waals surface area contributed by atoms with Crippen molar-refractivity contribution in [1.29, 1.82) is 0 Å². The number of nitrogens with zero attached hydrogens (tertiary/aromatic N) is 2. The van der Waals surface area contributed by atoms with Gasteiger partial charge in [-0.05, 0) is 55.7 Å². The number of hydrogen-bond donors (Lipinski definition) is 2. The number of aliphatic hydroxyl groups is 2. The maximum atomic E-state index is 11.9. The van der Waals surface area contributed by atoms with Gasteiger partial charge in [0.1, 0.15) is 36.9 Å². The van der Waals surface area contributed by atoms with Crippen molar-refractivity contribution in [2.75, 3.05) is 65.7 Å². The molecule has 0 aliphatic carbocycles. The Morgan fingerprint density at radius 2 is 0.980 bits per heavy atom. The zero-order valence-electron chi connectivity index (χ0n) is 28.0. The molecule has 0 radical (unpaired) electrons. The van der Waals surface area contributed by atoms with E-state index < -0.39 is 36.1 Å². The van der Waals surface area contributed by atoms with Crippen molar-refractivity contribution >= 4 is 23.9 Å². The molecule has 0 aliphatic rings. The molecule has 14 heteroatoms. The zero-order chi connectivity index (χ0) is 36.0. The molecule has 0 spiro atoms. The Morgan fingerprint density at radius 3 is 1.31 bits per heavy atom. The molecule has 49 heavy (non-hydrogen) atoms. The van der Waals surface area contributed by atoms with Crippen molar-refractivity contribution < 1.29 is 57.8 Å². The Balaban J connectivity index is 1.84. The number of benzene rings is 2. The van der Waals surface area contributed by atoms with E-state index in [1.165, 1.54) is 9.80 Å². The monoisotopic (exact) mass is 686 g/mol. The second kappa shape index (κ2) is 22.7. The standard InChI is InChI=1S/C35H46N2O12/c1-5-44-32(40)20-36(21-33(41)45-6-2)18-28(38)24-48-30-13-9-26(10-14-30)17-27-11-15-31(16-12-27)49-25-29(39)19-37(22-34(42)46-7-3)23-35(43)47-8-4/h5-6,9-16,28-29,38-39H,1-2,7-8,17-25H2,3-4H3. The molecule has 268 valence electrons. The van der Waals surface area contributed by atoms with E-state index in [0.717, 1.165) is 23.7 Å². The summed E-state index contributed by atoms with van der Waals surface area (Å²) >= 11 is 0. The summed E-state index contributed by atoms with van der Waals surface area (Å²) in [6.45, 7) is 9.36. The topological polar surface area (TPSA) is 171 Å². The van der Waals surface area contributed by atoms with E-state index in [9.17, 15) is 29.4 Å². The maximum Gasteiger partial charge on any atom is 0.324 e. The molecule has 0 saturated carbocycles. The smallest absolute Gasteiger partial charge is 0.324 e. The summed E-state index contributed by atoms with van der Waals surface area (Å²) in [4.78, 5) is 50.4. The molecule has 14 nitrogen and oxygen atoms in total. The summed E-state index contributed by atoms with van der Waals surface area (Å²) in [5.41, 5.74) is 2.02. The first-order valence-electron chi connectivity index (χ1n) is 15.7. The van der Waals surface area contributed by atoms with Gasteiger partial charge in [-0.1, -0.05) is 37.4 Å². The molecule has 2 atom stereocenters. The lowest BCUT2D eigenvalue weighted by Crippen LogP contribution is -2.42. The van der Waals surface area contributed by atoms with Crippen LogP contribution in [0.15, 0.2) is 74.2 Å². The van der Waals surface area contributed by atoms with Crippen LogP contribution in [0.3, 0.4) is 0 Å². The third-order valence-electron chi connectivity index (χ3n) is 6.53. The number of carbonyl (C=O) groups is 4. The highest BCUT2D eigenvalue weighted by Crippen LogP contribution is 2.18. The van der Waals surface area contributed by atoms with E-state index in [1.807, 2.05) is 24.3 Å². The van der Waals surface area contributed by atoms with E-state index in [4.69, 9.17) is 28.4 Å². The third kappa shape index (κ3) is 17.3. The molecule has 0 heterocycles. The summed E-state index contributed by atoms with van der Waals surface area (Å²) in [7, 11) is 0. The van der Waals surface area contributed by atoms with Crippen LogP contribution in [0.4, 0.5) is 0 Å². The molecule has 0 fully saturated rings. The van der Waals surface area contributed by atoms with Gasteiger partial charge in [-0.25, -0.2) is 0 Å². The molecule has 0 bridgehead atoms. The number of esters is 4. The van der Waals surface area contributed by atoms with Crippen molar-refractivity contribution in [2.45, 2.75) is 32.5 Å². The number of carbonyl (C=O) groups excluding carboxylic acids is 4. The van der Waals surface area contributed by atoms with E-state index in [2.05, 4.69) is 13.2 Å². The molecule has 2 aromatic rings.